The van der Waals surface area contributed by atoms with E-state index in [2.05, 4.69) is 0 Å². The number of hydrogen-bond acceptors (Lipinski definition) is 3. The van der Waals surface area contributed by atoms with Gasteiger partial charge in [-0.3, -0.25) is 4.79 Å². The standard InChI is InChI=1S/C6H8F3NO4/c1-5(14,4(12)13)3(11)10-2-6(7,8)9/h14H,2H2,1H3,(H,10,11)(H,12,13)/t5-/m0/s1. The van der Waals surface area contributed by atoms with Crippen molar-refractivity contribution in [1.29, 1.82) is 0 Å². The van der Waals surface area contributed by atoms with Crippen molar-refractivity contribution in [2.45, 2.75) is 18.7 Å². The third kappa shape index (κ3) is 3.60. The maximum absolute atomic E-state index is 11.6. The number of carboxylic acid groups (broad SMARTS) is 1. The predicted molar refractivity (Wildman–Crippen MR) is 37.3 cm³/mol. The molecule has 0 saturated carbocycles. The highest BCUT2D eigenvalue weighted by molar-refractivity contribution is 6.04. The number of rotatable bonds is 3. The van der Waals surface area contributed by atoms with Crippen molar-refractivity contribution < 1.29 is 33.0 Å². The largest absolute Gasteiger partial charge is 0.479 e. The third-order valence-electron chi connectivity index (χ3n) is 1.31. The molecule has 8 heteroatoms. The zero-order valence-electron chi connectivity index (χ0n) is 7.05. The SMILES string of the molecule is C[C@@](O)(C(=O)O)C(=O)NCC(F)(F)F. The first-order chi connectivity index (χ1) is 6.07. The quantitative estimate of drug-likeness (QED) is 0.554. The van der Waals surface area contributed by atoms with Gasteiger partial charge in [0.2, 0.25) is 5.60 Å². The van der Waals surface area contributed by atoms with Gasteiger partial charge in [-0.05, 0) is 6.92 Å². The minimum Gasteiger partial charge on any atom is -0.479 e. The molecular weight excluding hydrogens is 207 g/mol. The lowest BCUT2D eigenvalue weighted by molar-refractivity contribution is -0.167. The number of alkyl halides is 3. The highest BCUT2D eigenvalue weighted by Crippen LogP contribution is 2.13. The smallest absolute Gasteiger partial charge is 0.405 e. The van der Waals surface area contributed by atoms with Gasteiger partial charge in [-0.25, -0.2) is 4.79 Å². The molecule has 0 saturated heterocycles. The van der Waals surface area contributed by atoms with Crippen molar-refractivity contribution in [1.82, 2.24) is 5.32 Å². The molecule has 0 spiro atoms. The van der Waals surface area contributed by atoms with Crippen LogP contribution in [0.25, 0.3) is 0 Å². The maximum atomic E-state index is 11.6. The van der Waals surface area contributed by atoms with Crippen molar-refractivity contribution in [3.05, 3.63) is 0 Å². The average molecular weight is 215 g/mol. The van der Waals surface area contributed by atoms with Gasteiger partial charge in [-0.15, -0.1) is 0 Å². The fourth-order valence-corrected chi connectivity index (χ4v) is 0.450. The molecule has 3 N–H and O–H groups in total. The van der Waals surface area contributed by atoms with Crippen LogP contribution in [0.4, 0.5) is 13.2 Å². The minimum atomic E-state index is -4.65. The topological polar surface area (TPSA) is 86.6 Å². The van der Waals surface area contributed by atoms with Crippen LogP contribution in [0.15, 0.2) is 0 Å². The Kier molecular flexibility index (Phi) is 3.47. The lowest BCUT2D eigenvalue weighted by Crippen LogP contribution is -2.52. The molecule has 0 heterocycles. The second kappa shape index (κ2) is 3.82. The van der Waals surface area contributed by atoms with Crippen molar-refractivity contribution >= 4 is 11.9 Å². The van der Waals surface area contributed by atoms with Gasteiger partial charge in [0.15, 0.2) is 0 Å². The first-order valence-corrected chi connectivity index (χ1v) is 3.38. The summed E-state index contributed by atoms with van der Waals surface area (Å²) in [5.41, 5.74) is -2.86. The van der Waals surface area contributed by atoms with E-state index in [1.807, 2.05) is 0 Å². The number of carboxylic acids is 1. The normalized spacial score (nSPS) is 15.8. The molecule has 0 rings (SSSR count). The number of carbonyl (C=O) groups is 2. The zero-order chi connectivity index (χ0) is 11.6. The van der Waals surface area contributed by atoms with Crippen LogP contribution < -0.4 is 5.32 Å². The van der Waals surface area contributed by atoms with Crippen LogP contribution in [0.5, 0.6) is 0 Å². The Bertz CT molecular complexity index is 248. The first-order valence-electron chi connectivity index (χ1n) is 3.38. The van der Waals surface area contributed by atoms with Crippen LogP contribution in [0.2, 0.25) is 0 Å². The highest BCUT2D eigenvalue weighted by Gasteiger charge is 2.40. The van der Waals surface area contributed by atoms with Crippen molar-refractivity contribution in [3.8, 4) is 0 Å². The molecular formula is C6H8F3NO4. The Hall–Kier alpha value is -1.31. The van der Waals surface area contributed by atoms with E-state index in [1.165, 1.54) is 5.32 Å². The number of aliphatic hydroxyl groups is 1. The predicted octanol–water partition coefficient (Wildman–Crippen LogP) is -0.500. The minimum absolute atomic E-state index is 0.584. The molecule has 0 aliphatic carbocycles. The van der Waals surface area contributed by atoms with E-state index < -0.39 is 30.2 Å². The average Bonchev–Trinajstić information content (AvgIpc) is 1.98. The number of aliphatic carboxylic acids is 1. The summed E-state index contributed by atoms with van der Waals surface area (Å²) in [6.45, 7) is -1.10. The molecule has 0 aromatic heterocycles. The van der Waals surface area contributed by atoms with Crippen molar-refractivity contribution in [2.24, 2.45) is 0 Å². The molecule has 0 fully saturated rings. The number of nitrogens with one attached hydrogen (secondary N) is 1. The summed E-state index contributed by atoms with van der Waals surface area (Å²) in [5, 5.41) is 18.4. The van der Waals surface area contributed by atoms with Gasteiger partial charge in [-0.1, -0.05) is 0 Å². The Morgan fingerprint density at radius 3 is 2.07 bits per heavy atom. The fourth-order valence-electron chi connectivity index (χ4n) is 0.450. The van der Waals surface area contributed by atoms with Gasteiger partial charge < -0.3 is 15.5 Å². The van der Waals surface area contributed by atoms with Gasteiger partial charge in [0.25, 0.3) is 5.91 Å². The molecule has 0 bridgehead atoms. The highest BCUT2D eigenvalue weighted by atomic mass is 19.4. The van der Waals surface area contributed by atoms with Gasteiger partial charge in [0, 0.05) is 0 Å². The fraction of sp³-hybridized carbons (Fsp3) is 0.667. The monoisotopic (exact) mass is 215 g/mol. The molecule has 0 aromatic carbocycles. The Morgan fingerprint density at radius 2 is 1.79 bits per heavy atom. The Labute approximate surface area is 76.5 Å². The van der Waals surface area contributed by atoms with E-state index in [-0.39, 0.29) is 0 Å². The van der Waals surface area contributed by atoms with Crippen LogP contribution in [0.1, 0.15) is 6.92 Å². The van der Waals surface area contributed by atoms with Crippen LogP contribution >= 0.6 is 0 Å². The molecule has 5 nitrogen and oxygen atoms in total. The number of amides is 1. The van der Waals surface area contributed by atoms with Crippen LogP contribution in [-0.2, 0) is 9.59 Å². The van der Waals surface area contributed by atoms with Gasteiger partial charge >= 0.3 is 12.1 Å². The summed E-state index contributed by atoms with van der Waals surface area (Å²) < 4.78 is 34.7. The van der Waals surface area contributed by atoms with E-state index in [0.29, 0.717) is 6.92 Å². The lowest BCUT2D eigenvalue weighted by atomic mass is 10.1. The molecule has 0 aliphatic rings. The molecule has 1 amide bonds. The Morgan fingerprint density at radius 1 is 1.36 bits per heavy atom. The van der Waals surface area contributed by atoms with E-state index >= 15 is 0 Å². The summed E-state index contributed by atoms with van der Waals surface area (Å²) in [6, 6.07) is 0. The summed E-state index contributed by atoms with van der Waals surface area (Å²) in [5.74, 6) is -3.53. The molecule has 0 unspecified atom stereocenters. The molecule has 14 heavy (non-hydrogen) atoms. The zero-order valence-corrected chi connectivity index (χ0v) is 7.05. The van der Waals surface area contributed by atoms with Crippen LogP contribution in [0.3, 0.4) is 0 Å². The molecule has 0 aliphatic heterocycles. The molecule has 0 aromatic rings. The second-order valence-corrected chi connectivity index (χ2v) is 2.68. The summed E-state index contributed by atoms with van der Waals surface area (Å²) in [7, 11) is 0. The summed E-state index contributed by atoms with van der Waals surface area (Å²) >= 11 is 0. The van der Waals surface area contributed by atoms with Gasteiger partial charge in [0.1, 0.15) is 6.54 Å². The van der Waals surface area contributed by atoms with E-state index in [0.717, 1.165) is 0 Å². The number of hydrogen-bond donors (Lipinski definition) is 3. The molecule has 1 atom stereocenters. The van der Waals surface area contributed by atoms with Crippen LogP contribution in [-0.4, -0.2) is 40.4 Å². The second-order valence-electron chi connectivity index (χ2n) is 2.68. The summed E-state index contributed by atoms with van der Waals surface area (Å²) in [4.78, 5) is 20.9. The summed E-state index contributed by atoms with van der Waals surface area (Å²) in [6.07, 6.45) is -4.65. The Balaban J connectivity index is 4.30. The number of halogens is 3. The lowest BCUT2D eigenvalue weighted by Gasteiger charge is -2.17. The van der Waals surface area contributed by atoms with E-state index in [4.69, 9.17) is 10.2 Å². The van der Waals surface area contributed by atoms with Crippen molar-refractivity contribution in [3.63, 3.8) is 0 Å². The van der Waals surface area contributed by atoms with E-state index in [1.54, 1.807) is 0 Å². The van der Waals surface area contributed by atoms with Gasteiger partial charge in [-0.2, -0.15) is 13.2 Å². The number of carbonyl (C=O) groups excluding carboxylic acids is 1. The first kappa shape index (κ1) is 12.7. The van der Waals surface area contributed by atoms with E-state index in [9.17, 15) is 22.8 Å². The van der Waals surface area contributed by atoms with Gasteiger partial charge in [0.05, 0.1) is 0 Å². The molecule has 0 radical (unpaired) electrons. The third-order valence-corrected chi connectivity index (χ3v) is 1.31. The molecule has 82 valence electrons. The van der Waals surface area contributed by atoms with Crippen LogP contribution in [0, 0.1) is 0 Å². The van der Waals surface area contributed by atoms with Crippen molar-refractivity contribution in [2.75, 3.05) is 6.54 Å². The maximum Gasteiger partial charge on any atom is 0.405 e.